The minimum atomic E-state index is -4.98. The third kappa shape index (κ3) is 2.05. The Morgan fingerprint density at radius 2 is 1.67 bits per heavy atom. The first-order valence-corrected chi connectivity index (χ1v) is 4.36. The highest BCUT2D eigenvalue weighted by Crippen LogP contribution is 2.31. The molecule has 98 valence electrons. The number of aromatic amines is 1. The van der Waals surface area contributed by atoms with Gasteiger partial charge >= 0.3 is 12.4 Å². The van der Waals surface area contributed by atoms with E-state index in [1.807, 2.05) is 4.98 Å². The average molecular weight is 271 g/mol. The quantitative estimate of drug-likeness (QED) is 0.745. The molecule has 2 rings (SSSR count). The normalized spacial score (nSPS) is 13.2. The van der Waals surface area contributed by atoms with Crippen LogP contribution in [0.2, 0.25) is 0 Å². The maximum absolute atomic E-state index is 12.5. The first-order valence-electron chi connectivity index (χ1n) is 4.36. The highest BCUT2D eigenvalue weighted by Gasteiger charge is 2.38. The second-order valence-electron chi connectivity index (χ2n) is 3.34. The average Bonchev–Trinajstić information content (AvgIpc) is 2.57. The molecule has 2 aromatic rings. The Balaban J connectivity index is 2.81. The number of nitrogens with one attached hydrogen (secondary N) is 1. The van der Waals surface area contributed by atoms with Gasteiger partial charge in [0.2, 0.25) is 0 Å². The van der Waals surface area contributed by atoms with E-state index in [1.165, 1.54) is 0 Å². The molecule has 2 heterocycles. The van der Waals surface area contributed by atoms with Gasteiger partial charge in [-0.05, 0) is 0 Å². The molecule has 0 saturated heterocycles. The van der Waals surface area contributed by atoms with E-state index in [-0.39, 0.29) is 10.6 Å². The summed E-state index contributed by atoms with van der Waals surface area (Å²) in [6.45, 7) is 0. The van der Waals surface area contributed by atoms with Gasteiger partial charge in [0.25, 0.3) is 5.56 Å². The molecule has 0 aliphatic heterocycles. The lowest BCUT2D eigenvalue weighted by atomic mass is 10.4. The zero-order valence-corrected chi connectivity index (χ0v) is 8.23. The first-order chi connectivity index (χ1) is 8.09. The molecule has 4 nitrogen and oxygen atoms in total. The summed E-state index contributed by atoms with van der Waals surface area (Å²) in [6.07, 6.45) is -9.88. The summed E-state index contributed by atoms with van der Waals surface area (Å²) in [5.74, 6) is 0. The number of H-pyrrole nitrogens is 1. The largest absolute Gasteiger partial charge is 0.435 e. The van der Waals surface area contributed by atoms with Gasteiger partial charge in [-0.1, -0.05) is 0 Å². The first kappa shape index (κ1) is 12.5. The Morgan fingerprint density at radius 3 is 2.17 bits per heavy atom. The van der Waals surface area contributed by atoms with Crippen molar-refractivity contribution >= 4 is 5.65 Å². The molecule has 0 atom stereocenters. The van der Waals surface area contributed by atoms with Crippen LogP contribution in [0.4, 0.5) is 26.3 Å². The zero-order valence-electron chi connectivity index (χ0n) is 8.23. The molecule has 0 amide bonds. The second kappa shape index (κ2) is 3.50. The molecule has 0 aliphatic rings. The van der Waals surface area contributed by atoms with E-state index in [0.29, 0.717) is 6.07 Å². The van der Waals surface area contributed by atoms with Gasteiger partial charge in [0, 0.05) is 12.1 Å². The van der Waals surface area contributed by atoms with E-state index in [1.54, 1.807) is 0 Å². The van der Waals surface area contributed by atoms with E-state index in [0.717, 1.165) is 0 Å². The minimum Gasteiger partial charge on any atom is -0.307 e. The second-order valence-corrected chi connectivity index (χ2v) is 3.34. The maximum Gasteiger partial charge on any atom is 0.435 e. The fourth-order valence-corrected chi connectivity index (χ4v) is 1.34. The van der Waals surface area contributed by atoms with E-state index in [9.17, 15) is 31.1 Å². The number of alkyl halides is 6. The van der Waals surface area contributed by atoms with Gasteiger partial charge in [-0.3, -0.25) is 4.79 Å². The number of fused-ring (bicyclic) bond motifs is 1. The Bertz CT molecular complexity index is 649. The van der Waals surface area contributed by atoms with Crippen LogP contribution in [0.5, 0.6) is 0 Å². The Hall–Kier alpha value is -2.00. The Kier molecular flexibility index (Phi) is 2.42. The third-order valence-corrected chi connectivity index (χ3v) is 2.04. The van der Waals surface area contributed by atoms with Crippen LogP contribution < -0.4 is 5.56 Å². The smallest absolute Gasteiger partial charge is 0.307 e. The SMILES string of the molecule is O=c1cc(C(F)(F)F)n2nc(C(F)(F)F)cc2[nH]1. The van der Waals surface area contributed by atoms with Gasteiger partial charge in [-0.15, -0.1) is 0 Å². The summed E-state index contributed by atoms with van der Waals surface area (Å²) in [7, 11) is 0. The maximum atomic E-state index is 12.5. The molecule has 10 heteroatoms. The molecule has 0 unspecified atom stereocenters. The number of hydrogen-bond acceptors (Lipinski definition) is 2. The fourth-order valence-electron chi connectivity index (χ4n) is 1.34. The molecular formula is C8H3F6N3O. The topological polar surface area (TPSA) is 50.2 Å². The van der Waals surface area contributed by atoms with Crippen LogP contribution in [-0.2, 0) is 12.4 Å². The van der Waals surface area contributed by atoms with E-state index >= 15 is 0 Å². The molecule has 0 aromatic carbocycles. The summed E-state index contributed by atoms with van der Waals surface area (Å²) in [4.78, 5) is 12.8. The molecule has 0 bridgehead atoms. The molecule has 2 aromatic heterocycles. The number of nitrogens with zero attached hydrogens (tertiary/aromatic N) is 2. The number of rotatable bonds is 0. The van der Waals surface area contributed by atoms with Crippen molar-refractivity contribution in [1.82, 2.24) is 14.6 Å². The number of hydrogen-bond donors (Lipinski definition) is 1. The predicted octanol–water partition coefficient (Wildman–Crippen LogP) is 2.06. The van der Waals surface area contributed by atoms with Crippen molar-refractivity contribution in [3.8, 4) is 0 Å². The predicted molar refractivity (Wildman–Crippen MR) is 45.8 cm³/mol. The van der Waals surface area contributed by atoms with E-state index in [2.05, 4.69) is 5.10 Å². The summed E-state index contributed by atoms with van der Waals surface area (Å²) in [5.41, 5.74) is -4.93. The molecule has 18 heavy (non-hydrogen) atoms. The van der Waals surface area contributed by atoms with Gasteiger partial charge in [-0.2, -0.15) is 31.4 Å². The Morgan fingerprint density at radius 1 is 1.06 bits per heavy atom. The van der Waals surface area contributed by atoms with Gasteiger partial charge in [-0.25, -0.2) is 4.52 Å². The molecule has 0 fully saturated rings. The lowest BCUT2D eigenvalue weighted by Crippen LogP contribution is -2.19. The van der Waals surface area contributed by atoms with Crippen LogP contribution in [0.25, 0.3) is 5.65 Å². The molecule has 0 spiro atoms. The van der Waals surface area contributed by atoms with E-state index < -0.39 is 34.9 Å². The van der Waals surface area contributed by atoms with Crippen molar-refractivity contribution in [3.05, 3.63) is 33.9 Å². The van der Waals surface area contributed by atoms with Crippen molar-refractivity contribution in [3.63, 3.8) is 0 Å². The monoisotopic (exact) mass is 271 g/mol. The van der Waals surface area contributed by atoms with Crippen molar-refractivity contribution < 1.29 is 26.3 Å². The summed E-state index contributed by atoms with van der Waals surface area (Å²) < 4.78 is 74.4. The fraction of sp³-hybridized carbons (Fsp3) is 0.250. The van der Waals surface area contributed by atoms with Crippen LogP contribution >= 0.6 is 0 Å². The lowest BCUT2D eigenvalue weighted by molar-refractivity contribution is -0.146. The molecule has 0 aliphatic carbocycles. The van der Waals surface area contributed by atoms with Crippen molar-refractivity contribution in [1.29, 1.82) is 0 Å². The third-order valence-electron chi connectivity index (χ3n) is 2.04. The molecular weight excluding hydrogens is 268 g/mol. The van der Waals surface area contributed by atoms with Crippen molar-refractivity contribution in [2.45, 2.75) is 12.4 Å². The number of aromatic nitrogens is 3. The van der Waals surface area contributed by atoms with E-state index in [4.69, 9.17) is 0 Å². The lowest BCUT2D eigenvalue weighted by Gasteiger charge is -2.07. The molecule has 1 N–H and O–H groups in total. The van der Waals surface area contributed by atoms with Crippen LogP contribution in [0, 0.1) is 0 Å². The van der Waals surface area contributed by atoms with Crippen molar-refractivity contribution in [2.24, 2.45) is 0 Å². The van der Waals surface area contributed by atoms with Gasteiger partial charge in [0.15, 0.2) is 11.4 Å². The van der Waals surface area contributed by atoms with Gasteiger partial charge in [0.05, 0.1) is 0 Å². The van der Waals surface area contributed by atoms with Crippen LogP contribution in [0.15, 0.2) is 16.9 Å². The standard InChI is InChI=1S/C8H3F6N3O/c9-7(10,11)3-1-5-15-6(18)2-4(8(12,13)14)17(5)16-3/h1-2H,(H,15,18). The summed E-state index contributed by atoms with van der Waals surface area (Å²) >= 11 is 0. The van der Waals surface area contributed by atoms with Gasteiger partial charge in [0.1, 0.15) is 5.65 Å². The van der Waals surface area contributed by atoms with Crippen LogP contribution in [-0.4, -0.2) is 14.6 Å². The van der Waals surface area contributed by atoms with Crippen LogP contribution in [0.3, 0.4) is 0 Å². The summed E-state index contributed by atoms with van der Waals surface area (Å²) in [5, 5.41) is 2.79. The van der Waals surface area contributed by atoms with Crippen LogP contribution in [0.1, 0.15) is 11.4 Å². The highest BCUT2D eigenvalue weighted by atomic mass is 19.4. The van der Waals surface area contributed by atoms with Gasteiger partial charge < -0.3 is 4.98 Å². The molecule has 0 radical (unpaired) electrons. The summed E-state index contributed by atoms with van der Waals surface area (Å²) in [6, 6.07) is 0.469. The molecule has 0 saturated carbocycles. The number of halogens is 6. The zero-order chi connectivity index (χ0) is 13.7. The minimum absolute atomic E-state index is 0.00419. The highest BCUT2D eigenvalue weighted by molar-refractivity contribution is 5.41. The Labute approximate surface area is 93.8 Å². The van der Waals surface area contributed by atoms with Crippen molar-refractivity contribution in [2.75, 3.05) is 0 Å².